The normalized spacial score (nSPS) is 24.4. The molecule has 2 fully saturated rings. The molecule has 1 aliphatic heterocycles. The second-order valence-corrected chi connectivity index (χ2v) is 8.93. The van der Waals surface area contributed by atoms with Crippen LogP contribution in [0.15, 0.2) is 30.6 Å². The van der Waals surface area contributed by atoms with Crippen molar-refractivity contribution in [2.45, 2.75) is 57.2 Å². The number of rotatable bonds is 4. The van der Waals surface area contributed by atoms with Crippen LogP contribution in [0.3, 0.4) is 0 Å². The smallest absolute Gasteiger partial charge is 0.289 e. The SMILES string of the molecule is O=C(C[n+]1ccccc1)N(C1CCCCC1)C1CCS(=O)(=O)C1. The lowest BCUT2D eigenvalue weighted by atomic mass is 9.93. The predicted molar refractivity (Wildman–Crippen MR) is 87.4 cm³/mol. The van der Waals surface area contributed by atoms with Gasteiger partial charge in [-0.3, -0.25) is 4.79 Å². The zero-order valence-corrected chi connectivity index (χ0v) is 14.2. The van der Waals surface area contributed by atoms with Crippen molar-refractivity contribution in [1.29, 1.82) is 0 Å². The van der Waals surface area contributed by atoms with E-state index in [1.165, 1.54) is 6.42 Å². The predicted octanol–water partition coefficient (Wildman–Crippen LogP) is 1.32. The quantitative estimate of drug-likeness (QED) is 0.779. The molecular weight excluding hydrogens is 312 g/mol. The molecule has 0 N–H and O–H groups in total. The van der Waals surface area contributed by atoms with Crippen LogP contribution in [0.4, 0.5) is 0 Å². The fraction of sp³-hybridized carbons (Fsp3) is 0.647. The van der Waals surface area contributed by atoms with Crippen molar-refractivity contribution in [2.75, 3.05) is 11.5 Å². The number of hydrogen-bond donors (Lipinski definition) is 0. The van der Waals surface area contributed by atoms with Gasteiger partial charge in [0, 0.05) is 24.2 Å². The molecule has 1 aromatic rings. The molecular formula is C17H25N2O3S+. The summed E-state index contributed by atoms with van der Waals surface area (Å²) in [6.45, 7) is 0.286. The molecule has 1 saturated heterocycles. The maximum Gasteiger partial charge on any atom is 0.289 e. The minimum absolute atomic E-state index is 0.0511. The largest absolute Gasteiger partial charge is 0.330 e. The van der Waals surface area contributed by atoms with E-state index in [4.69, 9.17) is 0 Å². The highest BCUT2D eigenvalue weighted by atomic mass is 32.2. The van der Waals surface area contributed by atoms with E-state index in [2.05, 4.69) is 0 Å². The van der Waals surface area contributed by atoms with E-state index >= 15 is 0 Å². The minimum Gasteiger partial charge on any atom is -0.330 e. The van der Waals surface area contributed by atoms with Crippen molar-refractivity contribution in [3.8, 4) is 0 Å². The van der Waals surface area contributed by atoms with Gasteiger partial charge in [0.15, 0.2) is 22.2 Å². The van der Waals surface area contributed by atoms with E-state index in [1.54, 1.807) is 0 Å². The number of amides is 1. The maximum absolute atomic E-state index is 12.9. The molecule has 6 heteroatoms. The summed E-state index contributed by atoms with van der Waals surface area (Å²) in [4.78, 5) is 14.8. The van der Waals surface area contributed by atoms with Crippen molar-refractivity contribution in [2.24, 2.45) is 0 Å². The molecule has 1 aliphatic carbocycles. The highest BCUT2D eigenvalue weighted by Gasteiger charge is 2.39. The Morgan fingerprint density at radius 1 is 1.00 bits per heavy atom. The van der Waals surface area contributed by atoms with Crippen LogP contribution in [0.5, 0.6) is 0 Å². The Labute approximate surface area is 138 Å². The van der Waals surface area contributed by atoms with E-state index in [1.807, 2.05) is 40.1 Å². The van der Waals surface area contributed by atoms with E-state index in [9.17, 15) is 13.2 Å². The van der Waals surface area contributed by atoms with Crippen molar-refractivity contribution < 1.29 is 17.8 Å². The third kappa shape index (κ3) is 4.10. The molecule has 1 aromatic heterocycles. The van der Waals surface area contributed by atoms with Gasteiger partial charge in [-0.25, -0.2) is 8.42 Å². The Bertz CT molecular complexity index is 639. The summed E-state index contributed by atoms with van der Waals surface area (Å²) in [5.41, 5.74) is 0. The summed E-state index contributed by atoms with van der Waals surface area (Å²) in [6.07, 6.45) is 9.83. The number of carbonyl (C=O) groups is 1. The number of sulfone groups is 1. The van der Waals surface area contributed by atoms with Crippen LogP contribution in [0.2, 0.25) is 0 Å². The molecule has 23 heavy (non-hydrogen) atoms. The lowest BCUT2D eigenvalue weighted by molar-refractivity contribution is -0.685. The van der Waals surface area contributed by atoms with Crippen molar-refractivity contribution in [3.05, 3.63) is 30.6 Å². The Morgan fingerprint density at radius 3 is 2.30 bits per heavy atom. The fourth-order valence-corrected chi connectivity index (χ4v) is 5.55. The van der Waals surface area contributed by atoms with Gasteiger partial charge in [-0.05, 0) is 19.3 Å². The van der Waals surface area contributed by atoms with E-state index in [-0.39, 0.29) is 36.0 Å². The molecule has 1 saturated carbocycles. The van der Waals surface area contributed by atoms with Gasteiger partial charge in [-0.15, -0.1) is 0 Å². The van der Waals surface area contributed by atoms with Crippen LogP contribution < -0.4 is 4.57 Å². The van der Waals surface area contributed by atoms with Gasteiger partial charge in [0.25, 0.3) is 5.91 Å². The van der Waals surface area contributed by atoms with Gasteiger partial charge >= 0.3 is 0 Å². The number of pyridine rings is 1. The molecule has 5 nitrogen and oxygen atoms in total. The van der Waals surface area contributed by atoms with Crippen LogP contribution in [0, 0.1) is 0 Å². The molecule has 1 atom stereocenters. The summed E-state index contributed by atoms with van der Waals surface area (Å²) in [5.74, 6) is 0.400. The van der Waals surface area contributed by atoms with Crippen LogP contribution >= 0.6 is 0 Å². The Kier molecular flexibility index (Phi) is 4.99. The summed E-state index contributed by atoms with van der Waals surface area (Å²) in [5, 5.41) is 0. The van der Waals surface area contributed by atoms with E-state index in [0.29, 0.717) is 6.42 Å². The second-order valence-electron chi connectivity index (χ2n) is 6.70. The third-order valence-electron chi connectivity index (χ3n) is 4.95. The Hall–Kier alpha value is -1.43. The molecule has 2 heterocycles. The van der Waals surface area contributed by atoms with Crippen LogP contribution in [0.25, 0.3) is 0 Å². The molecule has 0 radical (unpaired) electrons. The first-order valence-electron chi connectivity index (χ1n) is 8.51. The Balaban J connectivity index is 1.78. The number of aromatic nitrogens is 1. The molecule has 126 valence electrons. The highest BCUT2D eigenvalue weighted by Crippen LogP contribution is 2.28. The van der Waals surface area contributed by atoms with Crippen molar-refractivity contribution >= 4 is 15.7 Å². The van der Waals surface area contributed by atoms with Gasteiger partial charge in [-0.2, -0.15) is 4.57 Å². The Morgan fingerprint density at radius 2 is 1.70 bits per heavy atom. The minimum atomic E-state index is -2.99. The van der Waals surface area contributed by atoms with Crippen molar-refractivity contribution in [3.63, 3.8) is 0 Å². The fourth-order valence-electron chi connectivity index (χ4n) is 3.84. The molecule has 3 rings (SSSR count). The second kappa shape index (κ2) is 6.99. The van der Waals surface area contributed by atoms with Crippen molar-refractivity contribution in [1.82, 2.24) is 4.90 Å². The van der Waals surface area contributed by atoms with Crippen LogP contribution in [-0.4, -0.2) is 42.8 Å². The lowest BCUT2D eigenvalue weighted by Gasteiger charge is -2.37. The monoisotopic (exact) mass is 337 g/mol. The lowest BCUT2D eigenvalue weighted by Crippen LogP contribution is -2.53. The van der Waals surface area contributed by atoms with Gasteiger partial charge in [0.1, 0.15) is 0 Å². The average molecular weight is 337 g/mol. The van der Waals surface area contributed by atoms with Gasteiger partial charge in [-0.1, -0.05) is 25.3 Å². The number of hydrogen-bond acceptors (Lipinski definition) is 3. The number of nitrogens with zero attached hydrogens (tertiary/aromatic N) is 2. The first-order chi connectivity index (χ1) is 11.1. The average Bonchev–Trinajstić information content (AvgIpc) is 2.89. The first-order valence-corrected chi connectivity index (χ1v) is 10.3. The van der Waals surface area contributed by atoms with Gasteiger partial charge in [0.2, 0.25) is 6.54 Å². The zero-order chi connectivity index (χ0) is 16.3. The number of carbonyl (C=O) groups excluding carboxylic acids is 1. The summed E-state index contributed by atoms with van der Waals surface area (Å²) in [7, 11) is -2.99. The van der Waals surface area contributed by atoms with Gasteiger partial charge < -0.3 is 4.90 Å². The van der Waals surface area contributed by atoms with E-state index in [0.717, 1.165) is 25.7 Å². The molecule has 0 bridgehead atoms. The first kappa shape index (κ1) is 16.4. The van der Waals surface area contributed by atoms with Gasteiger partial charge in [0.05, 0.1) is 11.5 Å². The topological polar surface area (TPSA) is 58.3 Å². The third-order valence-corrected chi connectivity index (χ3v) is 6.70. The molecule has 2 aliphatic rings. The van der Waals surface area contributed by atoms with Crippen LogP contribution in [-0.2, 0) is 21.2 Å². The maximum atomic E-state index is 12.9. The molecule has 0 aromatic carbocycles. The summed E-state index contributed by atoms with van der Waals surface area (Å²) >= 11 is 0. The molecule has 0 spiro atoms. The van der Waals surface area contributed by atoms with Crippen LogP contribution in [0.1, 0.15) is 38.5 Å². The van der Waals surface area contributed by atoms with E-state index < -0.39 is 9.84 Å². The summed E-state index contributed by atoms with van der Waals surface area (Å²) in [6, 6.07) is 5.79. The molecule has 1 unspecified atom stereocenters. The highest BCUT2D eigenvalue weighted by molar-refractivity contribution is 7.91. The zero-order valence-electron chi connectivity index (χ0n) is 13.4. The standard InChI is InChI=1S/C17H25N2O3S/c20-17(13-18-10-5-2-6-11-18)19(15-7-3-1-4-8-15)16-9-12-23(21,22)14-16/h2,5-6,10-11,15-16H,1,3-4,7-9,12-14H2/q+1. The summed E-state index contributed by atoms with van der Waals surface area (Å²) < 4.78 is 25.6. The molecule has 1 amide bonds.